The molecule has 0 aliphatic heterocycles. The van der Waals surface area contributed by atoms with Crippen LogP contribution >= 0.6 is 12.6 Å². The first-order valence-electron chi connectivity index (χ1n) is 3.02. The fourth-order valence-electron chi connectivity index (χ4n) is 0.539. The van der Waals surface area contributed by atoms with Gasteiger partial charge < -0.3 is 0 Å². The quantitative estimate of drug-likeness (QED) is 0.337. The summed E-state index contributed by atoms with van der Waals surface area (Å²) in [5.74, 6) is 1.01. The fourth-order valence-corrected chi connectivity index (χ4v) is 0.762. The van der Waals surface area contributed by atoms with Gasteiger partial charge in [0.2, 0.25) is 0 Å². The third kappa shape index (κ3) is 6.09. The van der Waals surface area contributed by atoms with E-state index in [1.807, 2.05) is 0 Å². The van der Waals surface area contributed by atoms with Crippen LogP contribution in [0.3, 0.4) is 0 Å². The first-order valence-corrected chi connectivity index (χ1v) is 3.66. The Labute approximate surface area is 57.4 Å². The summed E-state index contributed by atoms with van der Waals surface area (Å²) in [4.78, 5) is 0. The summed E-state index contributed by atoms with van der Waals surface area (Å²) < 4.78 is 0. The van der Waals surface area contributed by atoms with E-state index in [0.29, 0.717) is 0 Å². The largest absolute Gasteiger partial charge is 0.179 e. The molecule has 0 saturated heterocycles. The fraction of sp³-hybridized carbons (Fsp3) is 0.714. The van der Waals surface area contributed by atoms with Gasteiger partial charge in [0.15, 0.2) is 0 Å². The number of hydrogen-bond donors (Lipinski definition) is 1. The first-order chi connectivity index (χ1) is 3.77. The van der Waals surface area contributed by atoms with Crippen molar-refractivity contribution in [3.8, 4) is 0 Å². The lowest BCUT2D eigenvalue weighted by Crippen LogP contribution is -1.77. The van der Waals surface area contributed by atoms with E-state index in [9.17, 15) is 0 Å². The van der Waals surface area contributed by atoms with Crippen molar-refractivity contribution in [2.45, 2.75) is 26.2 Å². The molecule has 0 amide bonds. The molecule has 0 aromatic heterocycles. The molecule has 0 heterocycles. The molecule has 0 spiro atoms. The van der Waals surface area contributed by atoms with Crippen molar-refractivity contribution in [1.29, 1.82) is 0 Å². The normalized spacial score (nSPS) is 9.25. The minimum atomic E-state index is 1.01. The van der Waals surface area contributed by atoms with Crippen molar-refractivity contribution < 1.29 is 0 Å². The molecular formula is C7H14S. The zero-order chi connectivity index (χ0) is 6.41. The molecule has 0 aromatic carbocycles. The van der Waals surface area contributed by atoms with Gasteiger partial charge in [-0.25, -0.2) is 0 Å². The number of unbranched alkanes of at least 4 members (excludes halogenated alkanes) is 1. The molecule has 1 heteroatoms. The molecule has 0 aliphatic carbocycles. The van der Waals surface area contributed by atoms with Gasteiger partial charge in [-0.15, -0.1) is 6.58 Å². The Hall–Kier alpha value is 0.0900. The first kappa shape index (κ1) is 8.09. The topological polar surface area (TPSA) is 0 Å². The second-order valence-electron chi connectivity index (χ2n) is 2.14. The van der Waals surface area contributed by atoms with Gasteiger partial charge in [0.25, 0.3) is 0 Å². The number of rotatable bonds is 4. The summed E-state index contributed by atoms with van der Waals surface area (Å²) in [6, 6.07) is 0. The monoisotopic (exact) mass is 130 g/mol. The Morgan fingerprint density at radius 2 is 2.12 bits per heavy atom. The predicted molar refractivity (Wildman–Crippen MR) is 42.5 cm³/mol. The van der Waals surface area contributed by atoms with Gasteiger partial charge >= 0.3 is 0 Å². The molecule has 0 saturated carbocycles. The minimum Gasteiger partial charge on any atom is -0.179 e. The predicted octanol–water partition coefficient (Wildman–Crippen LogP) is 2.66. The van der Waals surface area contributed by atoms with Crippen LogP contribution < -0.4 is 0 Å². The van der Waals surface area contributed by atoms with Crippen LogP contribution in [0.15, 0.2) is 12.2 Å². The van der Waals surface area contributed by atoms with Crippen molar-refractivity contribution >= 4 is 12.6 Å². The molecule has 0 fully saturated rings. The molecule has 8 heavy (non-hydrogen) atoms. The van der Waals surface area contributed by atoms with Crippen LogP contribution in [0.2, 0.25) is 0 Å². The van der Waals surface area contributed by atoms with Crippen molar-refractivity contribution in [2.24, 2.45) is 0 Å². The summed E-state index contributed by atoms with van der Waals surface area (Å²) in [5.41, 5.74) is 1.28. The zero-order valence-corrected chi connectivity index (χ0v) is 6.38. The second-order valence-corrected chi connectivity index (χ2v) is 2.59. The molecule has 0 N–H and O–H groups in total. The van der Waals surface area contributed by atoms with E-state index in [1.165, 1.54) is 24.8 Å². The average Bonchev–Trinajstić information content (AvgIpc) is 1.66. The number of hydrogen-bond acceptors (Lipinski definition) is 1. The summed E-state index contributed by atoms with van der Waals surface area (Å²) >= 11 is 4.09. The SMILES string of the molecule is C=C(C)CCCCS. The Morgan fingerprint density at radius 1 is 1.50 bits per heavy atom. The minimum absolute atomic E-state index is 1.01. The molecule has 0 atom stereocenters. The molecule has 0 radical (unpaired) electrons. The van der Waals surface area contributed by atoms with Crippen LogP contribution in [-0.4, -0.2) is 5.75 Å². The Balaban J connectivity index is 2.82. The molecule has 0 bridgehead atoms. The van der Waals surface area contributed by atoms with E-state index in [4.69, 9.17) is 0 Å². The van der Waals surface area contributed by atoms with E-state index in [1.54, 1.807) is 0 Å². The van der Waals surface area contributed by atoms with Gasteiger partial charge in [-0.2, -0.15) is 12.6 Å². The molecule has 0 aromatic rings. The van der Waals surface area contributed by atoms with Gasteiger partial charge in [0, 0.05) is 0 Å². The Bertz CT molecular complexity index is 66.8. The standard InChI is InChI=1S/C7H14S/c1-7(2)5-3-4-6-8/h8H,1,3-6H2,2H3. The van der Waals surface area contributed by atoms with Crippen molar-refractivity contribution in [1.82, 2.24) is 0 Å². The molecule has 48 valence electrons. The third-order valence-corrected chi connectivity index (χ3v) is 1.33. The van der Waals surface area contributed by atoms with Crippen LogP contribution in [0.4, 0.5) is 0 Å². The van der Waals surface area contributed by atoms with Crippen molar-refractivity contribution in [3.63, 3.8) is 0 Å². The average molecular weight is 130 g/mol. The van der Waals surface area contributed by atoms with Crippen LogP contribution in [0.5, 0.6) is 0 Å². The highest BCUT2D eigenvalue weighted by molar-refractivity contribution is 7.80. The van der Waals surface area contributed by atoms with Gasteiger partial charge in [0.1, 0.15) is 0 Å². The summed E-state index contributed by atoms with van der Waals surface area (Å²) in [6.07, 6.45) is 3.63. The van der Waals surface area contributed by atoms with Crippen LogP contribution in [0, 0.1) is 0 Å². The summed E-state index contributed by atoms with van der Waals surface area (Å²) in [5, 5.41) is 0. The number of thiol groups is 1. The highest BCUT2D eigenvalue weighted by atomic mass is 32.1. The van der Waals surface area contributed by atoms with Gasteiger partial charge in [-0.1, -0.05) is 5.57 Å². The lowest BCUT2D eigenvalue weighted by atomic mass is 10.2. The van der Waals surface area contributed by atoms with Crippen molar-refractivity contribution in [2.75, 3.05) is 5.75 Å². The van der Waals surface area contributed by atoms with E-state index in [-0.39, 0.29) is 0 Å². The van der Waals surface area contributed by atoms with E-state index < -0.39 is 0 Å². The summed E-state index contributed by atoms with van der Waals surface area (Å²) in [6.45, 7) is 5.87. The highest BCUT2D eigenvalue weighted by Crippen LogP contribution is 2.03. The lowest BCUT2D eigenvalue weighted by molar-refractivity contribution is 0.798. The van der Waals surface area contributed by atoms with Crippen LogP contribution in [-0.2, 0) is 0 Å². The van der Waals surface area contributed by atoms with Gasteiger partial charge in [-0.3, -0.25) is 0 Å². The maximum atomic E-state index is 4.09. The number of allylic oxidation sites excluding steroid dienone is 1. The van der Waals surface area contributed by atoms with Crippen LogP contribution in [0.1, 0.15) is 26.2 Å². The molecule has 0 unspecified atom stereocenters. The zero-order valence-electron chi connectivity index (χ0n) is 5.48. The van der Waals surface area contributed by atoms with Crippen molar-refractivity contribution in [3.05, 3.63) is 12.2 Å². The lowest BCUT2D eigenvalue weighted by Gasteiger charge is -1.94. The van der Waals surface area contributed by atoms with E-state index >= 15 is 0 Å². The second kappa shape index (κ2) is 5.23. The third-order valence-electron chi connectivity index (χ3n) is 1.01. The summed E-state index contributed by atoms with van der Waals surface area (Å²) in [7, 11) is 0. The Kier molecular flexibility index (Phi) is 5.29. The maximum absolute atomic E-state index is 4.09. The van der Waals surface area contributed by atoms with E-state index in [0.717, 1.165) is 5.75 Å². The molecule has 0 aliphatic rings. The maximum Gasteiger partial charge on any atom is -0.00978 e. The molecule has 0 nitrogen and oxygen atoms in total. The highest BCUT2D eigenvalue weighted by Gasteiger charge is 1.84. The molecule has 0 rings (SSSR count). The smallest absolute Gasteiger partial charge is 0.00978 e. The van der Waals surface area contributed by atoms with Gasteiger partial charge in [-0.05, 0) is 31.9 Å². The van der Waals surface area contributed by atoms with Gasteiger partial charge in [0.05, 0.1) is 0 Å². The van der Waals surface area contributed by atoms with E-state index in [2.05, 4.69) is 26.1 Å². The Morgan fingerprint density at radius 3 is 2.50 bits per heavy atom. The van der Waals surface area contributed by atoms with Crippen LogP contribution in [0.25, 0.3) is 0 Å². The molecular weight excluding hydrogens is 116 g/mol.